The van der Waals surface area contributed by atoms with Gasteiger partial charge in [0.05, 0.1) is 0 Å². The largest absolute Gasteiger partial charge is 0.365 e. The van der Waals surface area contributed by atoms with Gasteiger partial charge in [0.15, 0.2) is 0 Å². The Labute approximate surface area is 109 Å². The molecule has 1 N–H and O–H groups in total. The molecule has 0 unspecified atom stereocenters. The molecule has 1 aromatic rings. The van der Waals surface area contributed by atoms with Gasteiger partial charge in [-0.1, -0.05) is 37.5 Å². The highest BCUT2D eigenvalue weighted by atomic mass is 16.5. The van der Waals surface area contributed by atoms with Crippen molar-refractivity contribution in [1.29, 1.82) is 0 Å². The van der Waals surface area contributed by atoms with Crippen LogP contribution in [0.25, 0.3) is 0 Å². The molecule has 1 aliphatic carbocycles. The topological polar surface area (TPSA) is 38.3 Å². The minimum atomic E-state index is -0.608. The normalized spacial score (nSPS) is 18.3. The molecule has 0 spiro atoms. The van der Waals surface area contributed by atoms with E-state index in [2.05, 4.69) is 5.32 Å². The molecule has 0 aromatic heterocycles. The van der Waals surface area contributed by atoms with Crippen molar-refractivity contribution >= 4 is 11.6 Å². The van der Waals surface area contributed by atoms with E-state index in [0.717, 1.165) is 31.4 Å². The van der Waals surface area contributed by atoms with Gasteiger partial charge >= 0.3 is 0 Å². The smallest absolute Gasteiger partial charge is 0.256 e. The molecular formula is C15H21NO2. The molecule has 18 heavy (non-hydrogen) atoms. The summed E-state index contributed by atoms with van der Waals surface area (Å²) in [5.41, 5.74) is 0.232. The van der Waals surface area contributed by atoms with Crippen LogP contribution in [0.1, 0.15) is 39.0 Å². The summed E-state index contributed by atoms with van der Waals surface area (Å²) < 4.78 is 5.79. The van der Waals surface area contributed by atoms with Gasteiger partial charge in [-0.2, -0.15) is 0 Å². The summed E-state index contributed by atoms with van der Waals surface area (Å²) >= 11 is 0. The van der Waals surface area contributed by atoms with Crippen LogP contribution in [0.4, 0.5) is 5.69 Å². The van der Waals surface area contributed by atoms with Crippen molar-refractivity contribution in [2.45, 2.75) is 44.6 Å². The Morgan fingerprint density at radius 1 is 1.22 bits per heavy atom. The van der Waals surface area contributed by atoms with Gasteiger partial charge in [-0.05, 0) is 31.9 Å². The van der Waals surface area contributed by atoms with Crippen molar-refractivity contribution < 1.29 is 9.53 Å². The Morgan fingerprint density at radius 2 is 1.89 bits per heavy atom. The molecule has 1 aromatic carbocycles. The number of para-hydroxylation sites is 1. The van der Waals surface area contributed by atoms with Crippen molar-refractivity contribution in [3.63, 3.8) is 0 Å². The number of anilines is 1. The van der Waals surface area contributed by atoms with Crippen LogP contribution >= 0.6 is 0 Å². The molecule has 0 atom stereocenters. The number of hydrogen-bond acceptors (Lipinski definition) is 2. The number of carbonyl (C=O) groups is 1. The van der Waals surface area contributed by atoms with E-state index in [1.807, 2.05) is 37.3 Å². The second kappa shape index (κ2) is 6.01. The summed E-state index contributed by atoms with van der Waals surface area (Å²) in [6, 6.07) is 9.59. The summed E-state index contributed by atoms with van der Waals surface area (Å²) in [4.78, 5) is 12.4. The van der Waals surface area contributed by atoms with Gasteiger partial charge in [0.1, 0.15) is 5.60 Å². The maximum absolute atomic E-state index is 12.4. The van der Waals surface area contributed by atoms with E-state index in [1.165, 1.54) is 6.42 Å². The van der Waals surface area contributed by atoms with Crippen molar-refractivity contribution in [2.24, 2.45) is 0 Å². The predicted molar refractivity (Wildman–Crippen MR) is 72.5 cm³/mol. The molecule has 1 amide bonds. The fraction of sp³-hybridized carbons (Fsp3) is 0.533. The van der Waals surface area contributed by atoms with Crippen LogP contribution in [0.15, 0.2) is 30.3 Å². The number of carbonyl (C=O) groups excluding carboxylic acids is 1. The average molecular weight is 247 g/mol. The van der Waals surface area contributed by atoms with Crippen LogP contribution in [0.2, 0.25) is 0 Å². The summed E-state index contributed by atoms with van der Waals surface area (Å²) in [7, 11) is 0. The predicted octanol–water partition coefficient (Wildman–Crippen LogP) is 3.36. The first kappa shape index (κ1) is 13.1. The summed E-state index contributed by atoms with van der Waals surface area (Å²) in [5.74, 6) is 0.00949. The van der Waals surface area contributed by atoms with E-state index in [4.69, 9.17) is 4.74 Å². The fourth-order valence-electron chi connectivity index (χ4n) is 2.60. The number of nitrogens with one attached hydrogen (secondary N) is 1. The molecule has 3 heteroatoms. The molecule has 2 rings (SSSR count). The van der Waals surface area contributed by atoms with Gasteiger partial charge in [0.25, 0.3) is 5.91 Å². The lowest BCUT2D eigenvalue weighted by atomic mass is 9.83. The van der Waals surface area contributed by atoms with Crippen LogP contribution in [0.3, 0.4) is 0 Å². The Hall–Kier alpha value is -1.35. The van der Waals surface area contributed by atoms with Crippen molar-refractivity contribution in [2.75, 3.05) is 11.9 Å². The third-order valence-corrected chi connectivity index (χ3v) is 3.53. The zero-order valence-corrected chi connectivity index (χ0v) is 10.9. The minimum absolute atomic E-state index is 0.00949. The molecule has 0 radical (unpaired) electrons. The summed E-state index contributed by atoms with van der Waals surface area (Å²) in [5, 5.41) is 2.97. The maximum atomic E-state index is 12.4. The van der Waals surface area contributed by atoms with Crippen molar-refractivity contribution in [3.8, 4) is 0 Å². The zero-order chi connectivity index (χ0) is 12.8. The number of rotatable bonds is 4. The van der Waals surface area contributed by atoms with Gasteiger partial charge in [-0.25, -0.2) is 0 Å². The highest BCUT2D eigenvalue weighted by Crippen LogP contribution is 2.32. The van der Waals surface area contributed by atoms with E-state index < -0.39 is 5.60 Å². The first-order valence-electron chi connectivity index (χ1n) is 6.77. The standard InChI is InChI=1S/C15H21NO2/c1-2-18-15(11-7-4-8-12-15)14(17)16-13-9-5-3-6-10-13/h3,5-6,9-10H,2,4,7-8,11-12H2,1H3,(H,16,17). The maximum Gasteiger partial charge on any atom is 0.256 e. The number of benzene rings is 1. The lowest BCUT2D eigenvalue weighted by molar-refractivity contribution is -0.145. The molecule has 1 aliphatic rings. The summed E-state index contributed by atoms with van der Waals surface area (Å²) in [6.07, 6.45) is 5.01. The van der Waals surface area contributed by atoms with E-state index in [1.54, 1.807) is 0 Å². The second-order valence-corrected chi connectivity index (χ2v) is 4.81. The average Bonchev–Trinajstić information content (AvgIpc) is 2.41. The van der Waals surface area contributed by atoms with Crippen LogP contribution < -0.4 is 5.32 Å². The Morgan fingerprint density at radius 3 is 2.50 bits per heavy atom. The van der Waals surface area contributed by atoms with Gasteiger partial charge in [-0.3, -0.25) is 4.79 Å². The Balaban J connectivity index is 2.08. The molecule has 0 bridgehead atoms. The quantitative estimate of drug-likeness (QED) is 0.886. The van der Waals surface area contributed by atoms with E-state index >= 15 is 0 Å². The van der Waals surface area contributed by atoms with Gasteiger partial charge in [-0.15, -0.1) is 0 Å². The zero-order valence-electron chi connectivity index (χ0n) is 10.9. The van der Waals surface area contributed by atoms with Crippen molar-refractivity contribution in [1.82, 2.24) is 0 Å². The minimum Gasteiger partial charge on any atom is -0.365 e. The van der Waals surface area contributed by atoms with Crippen LogP contribution in [0.5, 0.6) is 0 Å². The number of hydrogen-bond donors (Lipinski definition) is 1. The van der Waals surface area contributed by atoms with E-state index in [0.29, 0.717) is 6.61 Å². The van der Waals surface area contributed by atoms with Crippen LogP contribution in [-0.2, 0) is 9.53 Å². The molecule has 1 fully saturated rings. The van der Waals surface area contributed by atoms with Gasteiger partial charge in [0.2, 0.25) is 0 Å². The lowest BCUT2D eigenvalue weighted by Crippen LogP contribution is -2.47. The Bertz CT molecular complexity index is 377. The van der Waals surface area contributed by atoms with Crippen molar-refractivity contribution in [3.05, 3.63) is 30.3 Å². The van der Waals surface area contributed by atoms with E-state index in [9.17, 15) is 4.79 Å². The highest BCUT2D eigenvalue weighted by molar-refractivity contribution is 5.97. The molecular weight excluding hydrogens is 226 g/mol. The fourth-order valence-corrected chi connectivity index (χ4v) is 2.60. The first-order valence-corrected chi connectivity index (χ1v) is 6.77. The molecule has 3 nitrogen and oxygen atoms in total. The molecule has 1 saturated carbocycles. The van der Waals surface area contributed by atoms with Crippen LogP contribution in [-0.4, -0.2) is 18.1 Å². The monoisotopic (exact) mass is 247 g/mol. The third-order valence-electron chi connectivity index (χ3n) is 3.53. The molecule has 98 valence electrons. The molecule has 0 aliphatic heterocycles. The second-order valence-electron chi connectivity index (χ2n) is 4.81. The summed E-state index contributed by atoms with van der Waals surface area (Å²) in [6.45, 7) is 2.54. The number of ether oxygens (including phenoxy) is 1. The molecule has 0 saturated heterocycles. The lowest BCUT2D eigenvalue weighted by Gasteiger charge is -2.35. The SMILES string of the molecule is CCOC1(C(=O)Nc2ccccc2)CCCCC1. The third kappa shape index (κ3) is 2.91. The molecule has 0 heterocycles. The van der Waals surface area contributed by atoms with Crippen LogP contribution in [0, 0.1) is 0 Å². The Kier molecular flexibility index (Phi) is 4.37. The highest BCUT2D eigenvalue weighted by Gasteiger charge is 2.40. The first-order chi connectivity index (χ1) is 8.77. The van der Waals surface area contributed by atoms with Gasteiger partial charge < -0.3 is 10.1 Å². The number of amides is 1. The van der Waals surface area contributed by atoms with E-state index in [-0.39, 0.29) is 5.91 Å². The van der Waals surface area contributed by atoms with Gasteiger partial charge in [0, 0.05) is 12.3 Å².